The van der Waals surface area contributed by atoms with Crippen molar-refractivity contribution in [3.8, 4) is 34.5 Å². The predicted octanol–water partition coefficient (Wildman–Crippen LogP) is 1.79. The molecule has 0 heterocycles. The van der Waals surface area contributed by atoms with Crippen LogP contribution in [0.5, 0.6) is 34.5 Å². The normalized spacial score (nSPS) is 11.7. The number of methoxy groups -OCH3 is 3. The molecule has 4 N–H and O–H groups in total. The number of benzene rings is 2. The maximum absolute atomic E-state index is 12.9. The van der Waals surface area contributed by atoms with E-state index in [2.05, 4.69) is 0 Å². The fourth-order valence-electron chi connectivity index (χ4n) is 2.56. The lowest BCUT2D eigenvalue weighted by atomic mass is 9.90. The number of Topliss-reactive ketones (excluding diaryl/α,β-unsaturated/α-hetero) is 1. The minimum absolute atomic E-state index is 0.00343. The molecule has 26 heavy (non-hydrogen) atoms. The fourth-order valence-corrected chi connectivity index (χ4v) is 2.56. The summed E-state index contributed by atoms with van der Waals surface area (Å²) in [6.45, 7) is -0.571. The predicted molar refractivity (Wildman–Crippen MR) is 91.7 cm³/mol. The van der Waals surface area contributed by atoms with Crippen molar-refractivity contribution >= 4 is 5.78 Å². The molecule has 0 saturated carbocycles. The minimum Gasteiger partial charge on any atom is -0.507 e. The van der Waals surface area contributed by atoms with Gasteiger partial charge in [0.2, 0.25) is 5.75 Å². The molecule has 0 bridgehead atoms. The van der Waals surface area contributed by atoms with Crippen LogP contribution in [0.25, 0.3) is 0 Å². The lowest BCUT2D eigenvalue weighted by Gasteiger charge is -2.18. The minimum atomic E-state index is -1.07. The van der Waals surface area contributed by atoms with Crippen molar-refractivity contribution in [1.82, 2.24) is 0 Å². The van der Waals surface area contributed by atoms with Gasteiger partial charge in [-0.3, -0.25) is 4.79 Å². The van der Waals surface area contributed by atoms with E-state index in [-0.39, 0.29) is 34.3 Å². The average molecular weight is 364 g/mol. The Balaban J connectivity index is 2.54. The SMILES string of the molecule is COc1cc(C(=O)C(CO)c2cc(OC)c(O)c(OC)c2)c(O)cc1O. The third-order valence-corrected chi connectivity index (χ3v) is 3.97. The highest BCUT2D eigenvalue weighted by molar-refractivity contribution is 6.04. The Morgan fingerprint density at radius 3 is 1.88 bits per heavy atom. The Labute approximate surface area is 149 Å². The van der Waals surface area contributed by atoms with E-state index in [0.717, 1.165) is 6.07 Å². The van der Waals surface area contributed by atoms with Gasteiger partial charge in [0, 0.05) is 6.07 Å². The second-order valence-electron chi connectivity index (χ2n) is 5.41. The maximum Gasteiger partial charge on any atom is 0.200 e. The van der Waals surface area contributed by atoms with Crippen LogP contribution in [0.3, 0.4) is 0 Å². The number of rotatable bonds is 7. The summed E-state index contributed by atoms with van der Waals surface area (Å²) < 4.78 is 15.1. The summed E-state index contributed by atoms with van der Waals surface area (Å²) in [5.74, 6) is -2.56. The van der Waals surface area contributed by atoms with Crippen LogP contribution in [0.4, 0.5) is 0 Å². The van der Waals surface area contributed by atoms with Crippen LogP contribution >= 0.6 is 0 Å². The van der Waals surface area contributed by atoms with Gasteiger partial charge in [-0.2, -0.15) is 0 Å². The molecular weight excluding hydrogens is 344 g/mol. The molecule has 0 saturated heterocycles. The summed E-state index contributed by atoms with van der Waals surface area (Å²) in [7, 11) is 3.98. The van der Waals surface area contributed by atoms with Gasteiger partial charge in [0.25, 0.3) is 0 Å². The molecule has 1 unspecified atom stereocenters. The molecule has 0 radical (unpaired) electrons. The molecule has 0 spiro atoms. The van der Waals surface area contributed by atoms with Crippen LogP contribution in [0, 0.1) is 0 Å². The number of aliphatic hydroxyl groups is 1. The van der Waals surface area contributed by atoms with Gasteiger partial charge < -0.3 is 34.6 Å². The lowest BCUT2D eigenvalue weighted by molar-refractivity contribution is 0.0919. The largest absolute Gasteiger partial charge is 0.507 e. The van der Waals surface area contributed by atoms with Crippen molar-refractivity contribution in [2.45, 2.75) is 5.92 Å². The first kappa shape index (κ1) is 19.2. The third kappa shape index (κ3) is 3.45. The number of hydrogen-bond donors (Lipinski definition) is 4. The topological polar surface area (TPSA) is 126 Å². The van der Waals surface area contributed by atoms with Gasteiger partial charge in [-0.1, -0.05) is 0 Å². The molecule has 0 amide bonds. The van der Waals surface area contributed by atoms with Crippen LogP contribution in [0.15, 0.2) is 24.3 Å². The zero-order valence-electron chi connectivity index (χ0n) is 14.5. The number of ether oxygens (including phenoxy) is 3. The van der Waals surface area contributed by atoms with Crippen molar-refractivity contribution in [3.05, 3.63) is 35.4 Å². The zero-order valence-corrected chi connectivity index (χ0v) is 14.5. The van der Waals surface area contributed by atoms with Crippen molar-refractivity contribution in [1.29, 1.82) is 0 Å². The van der Waals surface area contributed by atoms with Gasteiger partial charge in [0.15, 0.2) is 28.8 Å². The molecule has 0 aromatic heterocycles. The van der Waals surface area contributed by atoms with Crippen molar-refractivity contribution in [2.75, 3.05) is 27.9 Å². The highest BCUT2D eigenvalue weighted by atomic mass is 16.5. The van der Waals surface area contributed by atoms with E-state index < -0.39 is 24.1 Å². The standard InChI is InChI=1S/C18H20O8/c1-24-14-6-10(12(20)7-13(14)21)17(22)11(8-19)9-4-15(25-2)18(23)16(5-9)26-3/h4-7,11,19-21,23H,8H2,1-3H3. The van der Waals surface area contributed by atoms with Crippen LogP contribution in [0.1, 0.15) is 21.8 Å². The average Bonchev–Trinajstić information content (AvgIpc) is 2.63. The lowest BCUT2D eigenvalue weighted by Crippen LogP contribution is -2.17. The smallest absolute Gasteiger partial charge is 0.200 e. The second kappa shape index (κ2) is 7.83. The number of ketones is 1. The summed E-state index contributed by atoms with van der Waals surface area (Å²) in [6, 6.07) is 4.96. The van der Waals surface area contributed by atoms with Gasteiger partial charge in [0.1, 0.15) is 5.75 Å². The molecule has 2 aromatic rings. The number of hydrogen-bond acceptors (Lipinski definition) is 8. The molecule has 8 heteroatoms. The van der Waals surface area contributed by atoms with E-state index in [4.69, 9.17) is 14.2 Å². The Kier molecular flexibility index (Phi) is 5.78. The Morgan fingerprint density at radius 1 is 0.885 bits per heavy atom. The van der Waals surface area contributed by atoms with Crippen LogP contribution in [0.2, 0.25) is 0 Å². The Morgan fingerprint density at radius 2 is 1.42 bits per heavy atom. The summed E-state index contributed by atoms with van der Waals surface area (Å²) in [5.41, 5.74) is 0.181. The van der Waals surface area contributed by atoms with E-state index >= 15 is 0 Å². The molecule has 2 rings (SSSR count). The van der Waals surface area contributed by atoms with Gasteiger partial charge in [-0.15, -0.1) is 0 Å². The molecule has 0 aliphatic heterocycles. The first-order valence-electron chi connectivity index (χ1n) is 7.57. The third-order valence-electron chi connectivity index (χ3n) is 3.97. The second-order valence-corrected chi connectivity index (χ2v) is 5.41. The maximum atomic E-state index is 12.9. The molecule has 2 aromatic carbocycles. The molecule has 8 nitrogen and oxygen atoms in total. The van der Waals surface area contributed by atoms with Crippen molar-refractivity contribution < 1.29 is 39.4 Å². The summed E-state index contributed by atoms with van der Waals surface area (Å²) in [5, 5.41) is 39.4. The molecule has 0 aliphatic carbocycles. The number of aliphatic hydroxyl groups excluding tert-OH is 1. The summed E-state index contributed by atoms with van der Waals surface area (Å²) >= 11 is 0. The van der Waals surface area contributed by atoms with E-state index in [9.17, 15) is 25.2 Å². The Hall–Kier alpha value is -3.13. The Bertz CT molecular complexity index is 790. The molecule has 0 aliphatic rings. The number of phenols is 3. The van der Waals surface area contributed by atoms with Crippen molar-refractivity contribution in [2.24, 2.45) is 0 Å². The van der Waals surface area contributed by atoms with E-state index in [1.54, 1.807) is 0 Å². The molecule has 140 valence electrons. The summed E-state index contributed by atoms with van der Waals surface area (Å²) in [4.78, 5) is 12.9. The highest BCUT2D eigenvalue weighted by Crippen LogP contribution is 2.41. The van der Waals surface area contributed by atoms with Gasteiger partial charge in [0.05, 0.1) is 39.4 Å². The first-order valence-corrected chi connectivity index (χ1v) is 7.57. The number of aromatic hydroxyl groups is 3. The zero-order chi connectivity index (χ0) is 19.4. The van der Waals surface area contributed by atoms with Crippen molar-refractivity contribution in [3.63, 3.8) is 0 Å². The molecular formula is C18H20O8. The number of phenolic OH excluding ortho intramolecular Hbond substituents is 3. The van der Waals surface area contributed by atoms with Gasteiger partial charge in [-0.25, -0.2) is 0 Å². The monoisotopic (exact) mass is 364 g/mol. The van der Waals surface area contributed by atoms with Gasteiger partial charge in [-0.05, 0) is 23.8 Å². The van der Waals surface area contributed by atoms with E-state index in [1.807, 2.05) is 0 Å². The van der Waals surface area contributed by atoms with Gasteiger partial charge >= 0.3 is 0 Å². The molecule has 0 fully saturated rings. The quantitative estimate of drug-likeness (QED) is 0.548. The van der Waals surface area contributed by atoms with Crippen LogP contribution in [-0.4, -0.2) is 54.1 Å². The van der Waals surface area contributed by atoms with Crippen LogP contribution < -0.4 is 14.2 Å². The summed E-state index contributed by atoms with van der Waals surface area (Å²) in [6.07, 6.45) is 0. The number of carbonyl (C=O) groups is 1. The highest BCUT2D eigenvalue weighted by Gasteiger charge is 2.27. The van der Waals surface area contributed by atoms with E-state index in [0.29, 0.717) is 5.56 Å². The fraction of sp³-hybridized carbons (Fsp3) is 0.278. The van der Waals surface area contributed by atoms with Crippen LogP contribution in [-0.2, 0) is 0 Å². The first-order chi connectivity index (χ1) is 12.4. The van der Waals surface area contributed by atoms with E-state index in [1.165, 1.54) is 39.5 Å². The number of carbonyl (C=O) groups excluding carboxylic acids is 1. The molecule has 1 atom stereocenters.